The van der Waals surface area contributed by atoms with Gasteiger partial charge < -0.3 is 5.73 Å². The van der Waals surface area contributed by atoms with Crippen LogP contribution in [0, 0.1) is 6.92 Å². The Morgan fingerprint density at radius 3 is 2.76 bits per heavy atom. The zero-order valence-corrected chi connectivity index (χ0v) is 9.95. The molecule has 0 spiro atoms. The Labute approximate surface area is 98.9 Å². The minimum absolute atomic E-state index is 0.0696. The highest BCUT2D eigenvalue weighted by Crippen LogP contribution is 2.25. The summed E-state index contributed by atoms with van der Waals surface area (Å²) in [6.45, 7) is 1.78. The molecular weight excluding hydrogens is 240 g/mol. The van der Waals surface area contributed by atoms with Crippen molar-refractivity contribution in [2.24, 2.45) is 0 Å². The Morgan fingerprint density at radius 1 is 1.41 bits per heavy atom. The van der Waals surface area contributed by atoms with Crippen LogP contribution in [0.15, 0.2) is 35.5 Å². The lowest BCUT2D eigenvalue weighted by Crippen LogP contribution is -2.14. The number of nitrogens with zero attached hydrogens (tertiary/aromatic N) is 1. The van der Waals surface area contributed by atoms with Crippen LogP contribution in [-0.2, 0) is 10.0 Å². The molecule has 2 aromatic rings. The van der Waals surface area contributed by atoms with Crippen LogP contribution in [0.2, 0.25) is 0 Å². The Bertz CT molecular complexity index is 600. The predicted molar refractivity (Wildman–Crippen MR) is 65.0 cm³/mol. The largest absolute Gasteiger partial charge is 0.397 e. The highest BCUT2D eigenvalue weighted by Gasteiger charge is 2.17. The molecule has 0 aliphatic heterocycles. The summed E-state index contributed by atoms with van der Waals surface area (Å²) in [5.74, 6) is 0. The summed E-state index contributed by atoms with van der Waals surface area (Å²) < 4.78 is 26.3. The first-order chi connectivity index (χ1) is 8.00. The minimum atomic E-state index is -3.64. The number of H-pyrrole nitrogens is 1. The van der Waals surface area contributed by atoms with Crippen LogP contribution in [0.4, 0.5) is 11.4 Å². The SMILES string of the molecule is Cc1cccc(N)c1NS(=O)(=O)c1cn[nH]c1. The Balaban J connectivity index is 2.40. The second kappa shape index (κ2) is 4.10. The lowest BCUT2D eigenvalue weighted by molar-refractivity contribution is 0.601. The molecule has 0 aliphatic rings. The van der Waals surface area contributed by atoms with Crippen molar-refractivity contribution in [2.45, 2.75) is 11.8 Å². The molecule has 1 aromatic carbocycles. The molecule has 6 nitrogen and oxygen atoms in total. The van der Waals surface area contributed by atoms with Gasteiger partial charge in [-0.05, 0) is 18.6 Å². The van der Waals surface area contributed by atoms with E-state index in [1.807, 2.05) is 0 Å². The first-order valence-corrected chi connectivity index (χ1v) is 6.36. The Hall–Kier alpha value is -2.02. The number of rotatable bonds is 3. The number of benzene rings is 1. The summed E-state index contributed by atoms with van der Waals surface area (Å²) in [6.07, 6.45) is 2.54. The Morgan fingerprint density at radius 2 is 2.18 bits per heavy atom. The topological polar surface area (TPSA) is 101 Å². The summed E-state index contributed by atoms with van der Waals surface area (Å²) in [5.41, 5.74) is 7.28. The molecular formula is C10H12N4O2S. The second-order valence-electron chi connectivity index (χ2n) is 3.58. The molecule has 0 unspecified atom stereocenters. The Kier molecular flexibility index (Phi) is 2.76. The van der Waals surface area contributed by atoms with Crippen molar-refractivity contribution in [1.29, 1.82) is 0 Å². The summed E-state index contributed by atoms with van der Waals surface area (Å²) in [6, 6.07) is 5.18. The van der Waals surface area contributed by atoms with E-state index in [1.165, 1.54) is 12.4 Å². The van der Waals surface area contributed by atoms with Gasteiger partial charge in [0, 0.05) is 6.20 Å². The van der Waals surface area contributed by atoms with Crippen LogP contribution >= 0.6 is 0 Å². The van der Waals surface area contributed by atoms with Gasteiger partial charge in [-0.25, -0.2) is 8.42 Å². The number of para-hydroxylation sites is 1. The van der Waals surface area contributed by atoms with Gasteiger partial charge in [-0.3, -0.25) is 9.82 Å². The number of hydrogen-bond acceptors (Lipinski definition) is 4. The molecule has 7 heteroatoms. The molecule has 0 amide bonds. The van der Waals surface area contributed by atoms with Gasteiger partial charge in [-0.15, -0.1) is 0 Å². The first-order valence-electron chi connectivity index (χ1n) is 4.87. The number of sulfonamides is 1. The second-order valence-corrected chi connectivity index (χ2v) is 5.26. The summed E-state index contributed by atoms with van der Waals surface area (Å²) in [4.78, 5) is 0.0696. The van der Waals surface area contributed by atoms with Crippen LogP contribution in [0.25, 0.3) is 0 Å². The van der Waals surface area contributed by atoms with Crippen molar-refractivity contribution >= 4 is 21.4 Å². The first kappa shape index (κ1) is 11.5. The quantitative estimate of drug-likeness (QED) is 0.712. The smallest absolute Gasteiger partial charge is 0.265 e. The van der Waals surface area contributed by atoms with E-state index < -0.39 is 10.0 Å². The van der Waals surface area contributed by atoms with Gasteiger partial charge >= 0.3 is 0 Å². The number of nitrogens with one attached hydrogen (secondary N) is 2. The standard InChI is InChI=1S/C10H12N4O2S/c1-7-3-2-4-9(11)10(7)14-17(15,16)8-5-12-13-6-8/h2-6,14H,11H2,1H3,(H,12,13). The van der Waals surface area contributed by atoms with E-state index in [0.717, 1.165) is 5.56 Å². The maximum atomic E-state index is 11.9. The third kappa shape index (κ3) is 2.23. The molecule has 0 radical (unpaired) electrons. The van der Waals surface area contributed by atoms with E-state index in [1.54, 1.807) is 25.1 Å². The third-order valence-electron chi connectivity index (χ3n) is 2.32. The van der Waals surface area contributed by atoms with E-state index in [9.17, 15) is 8.42 Å². The predicted octanol–water partition coefficient (Wildman–Crippen LogP) is 1.10. The zero-order valence-electron chi connectivity index (χ0n) is 9.14. The number of aromatic nitrogens is 2. The van der Waals surface area contributed by atoms with Gasteiger partial charge in [-0.1, -0.05) is 12.1 Å². The minimum Gasteiger partial charge on any atom is -0.397 e. The molecule has 2 rings (SSSR count). The summed E-state index contributed by atoms with van der Waals surface area (Å²) in [7, 11) is -3.64. The van der Waals surface area contributed by atoms with E-state index in [4.69, 9.17) is 5.73 Å². The van der Waals surface area contributed by atoms with Crippen LogP contribution in [0.5, 0.6) is 0 Å². The van der Waals surface area contributed by atoms with E-state index in [-0.39, 0.29) is 4.90 Å². The van der Waals surface area contributed by atoms with Gasteiger partial charge in [0.15, 0.2) is 0 Å². The van der Waals surface area contributed by atoms with Crippen molar-refractivity contribution in [3.63, 3.8) is 0 Å². The maximum Gasteiger partial charge on any atom is 0.265 e. The number of hydrogen-bond donors (Lipinski definition) is 3. The van der Waals surface area contributed by atoms with Crippen molar-refractivity contribution in [2.75, 3.05) is 10.5 Å². The van der Waals surface area contributed by atoms with Crippen LogP contribution in [0.3, 0.4) is 0 Å². The fourth-order valence-electron chi connectivity index (χ4n) is 1.41. The molecule has 0 bridgehead atoms. The lowest BCUT2D eigenvalue weighted by Gasteiger charge is -2.11. The van der Waals surface area contributed by atoms with Crippen molar-refractivity contribution in [1.82, 2.24) is 10.2 Å². The molecule has 1 heterocycles. The number of aromatic amines is 1. The van der Waals surface area contributed by atoms with Gasteiger partial charge in [0.1, 0.15) is 4.90 Å². The molecule has 0 fully saturated rings. The van der Waals surface area contributed by atoms with Crippen molar-refractivity contribution < 1.29 is 8.42 Å². The molecule has 17 heavy (non-hydrogen) atoms. The van der Waals surface area contributed by atoms with Crippen LogP contribution in [-0.4, -0.2) is 18.6 Å². The molecule has 4 N–H and O–H groups in total. The zero-order chi connectivity index (χ0) is 12.5. The molecule has 0 atom stereocenters. The number of nitrogen functional groups attached to an aromatic ring is 1. The van der Waals surface area contributed by atoms with Crippen molar-refractivity contribution in [3.05, 3.63) is 36.2 Å². The molecule has 0 saturated heterocycles. The summed E-state index contributed by atoms with van der Waals surface area (Å²) in [5, 5.41) is 6.05. The van der Waals surface area contributed by atoms with E-state index >= 15 is 0 Å². The van der Waals surface area contributed by atoms with Crippen LogP contribution in [0.1, 0.15) is 5.56 Å². The maximum absolute atomic E-state index is 11.9. The number of nitrogens with two attached hydrogens (primary N) is 1. The fraction of sp³-hybridized carbons (Fsp3) is 0.100. The van der Waals surface area contributed by atoms with Gasteiger partial charge in [0.05, 0.1) is 17.6 Å². The van der Waals surface area contributed by atoms with Gasteiger partial charge in [-0.2, -0.15) is 5.10 Å². The molecule has 90 valence electrons. The monoisotopic (exact) mass is 252 g/mol. The fourth-order valence-corrected chi connectivity index (χ4v) is 2.47. The van der Waals surface area contributed by atoms with E-state index in [0.29, 0.717) is 11.4 Å². The average Bonchev–Trinajstić information content (AvgIpc) is 2.77. The van der Waals surface area contributed by atoms with E-state index in [2.05, 4.69) is 14.9 Å². The number of anilines is 2. The molecule has 0 aliphatic carbocycles. The summed E-state index contributed by atoms with van der Waals surface area (Å²) >= 11 is 0. The third-order valence-corrected chi connectivity index (χ3v) is 3.64. The highest BCUT2D eigenvalue weighted by molar-refractivity contribution is 7.92. The molecule has 1 aromatic heterocycles. The van der Waals surface area contributed by atoms with Gasteiger partial charge in [0.25, 0.3) is 10.0 Å². The van der Waals surface area contributed by atoms with Crippen LogP contribution < -0.4 is 10.5 Å². The highest BCUT2D eigenvalue weighted by atomic mass is 32.2. The van der Waals surface area contributed by atoms with Gasteiger partial charge in [0.2, 0.25) is 0 Å². The normalized spacial score (nSPS) is 11.4. The molecule has 0 saturated carbocycles. The van der Waals surface area contributed by atoms with Crippen molar-refractivity contribution in [3.8, 4) is 0 Å². The number of aryl methyl sites for hydroxylation is 1. The lowest BCUT2D eigenvalue weighted by atomic mass is 10.2. The average molecular weight is 252 g/mol.